The van der Waals surface area contributed by atoms with Crippen LogP contribution >= 0.6 is 0 Å². The van der Waals surface area contributed by atoms with Crippen LogP contribution < -0.4 is 4.90 Å². The van der Waals surface area contributed by atoms with Gasteiger partial charge in [0.15, 0.2) is 0 Å². The molecular weight excluding hydrogens is 288 g/mol. The average Bonchev–Trinajstić information content (AvgIpc) is 2.54. The van der Waals surface area contributed by atoms with Gasteiger partial charge in [0.05, 0.1) is 0 Å². The minimum absolute atomic E-state index is 0.0524. The molecular formula is C18H30N4O. The van der Waals surface area contributed by atoms with E-state index in [4.69, 9.17) is 0 Å². The first-order chi connectivity index (χ1) is 11.0. The van der Waals surface area contributed by atoms with Crippen LogP contribution in [-0.2, 0) is 0 Å². The molecule has 0 radical (unpaired) electrons. The van der Waals surface area contributed by atoms with Crippen LogP contribution in [0.5, 0.6) is 0 Å². The number of carbonyl (C=O) groups is 1. The highest BCUT2D eigenvalue weighted by Crippen LogP contribution is 2.20. The van der Waals surface area contributed by atoms with Gasteiger partial charge in [-0.1, -0.05) is 20.8 Å². The van der Waals surface area contributed by atoms with E-state index in [9.17, 15) is 4.79 Å². The van der Waals surface area contributed by atoms with Gasteiger partial charge in [-0.25, -0.2) is 9.97 Å². The molecule has 0 aliphatic carbocycles. The van der Waals surface area contributed by atoms with Crippen LogP contribution in [0.3, 0.4) is 0 Å². The van der Waals surface area contributed by atoms with Crippen LogP contribution in [-0.4, -0.2) is 47.0 Å². The largest absolute Gasteiger partial charge is 0.357 e. The quantitative estimate of drug-likeness (QED) is 0.807. The first kappa shape index (κ1) is 17.7. The third-order valence-electron chi connectivity index (χ3n) is 4.43. The van der Waals surface area contributed by atoms with E-state index in [-0.39, 0.29) is 5.91 Å². The number of anilines is 1. The Bertz CT molecular complexity index is 518. The molecule has 0 spiro atoms. The van der Waals surface area contributed by atoms with Crippen LogP contribution in [0.4, 0.5) is 5.82 Å². The van der Waals surface area contributed by atoms with Crippen molar-refractivity contribution >= 4 is 11.7 Å². The van der Waals surface area contributed by atoms with Gasteiger partial charge in [0.1, 0.15) is 17.3 Å². The number of amides is 1. The van der Waals surface area contributed by atoms with Crippen molar-refractivity contribution in [1.29, 1.82) is 0 Å². The van der Waals surface area contributed by atoms with Crippen LogP contribution in [0.25, 0.3) is 0 Å². The van der Waals surface area contributed by atoms with Gasteiger partial charge in [-0.15, -0.1) is 0 Å². The van der Waals surface area contributed by atoms with Crippen LogP contribution in [0.1, 0.15) is 62.8 Å². The van der Waals surface area contributed by atoms with Gasteiger partial charge >= 0.3 is 0 Å². The van der Waals surface area contributed by atoms with Crippen molar-refractivity contribution in [3.05, 3.63) is 17.6 Å². The first-order valence-electron chi connectivity index (χ1n) is 8.95. The predicted octanol–water partition coefficient (Wildman–Crippen LogP) is 3.28. The molecule has 0 N–H and O–H groups in total. The fourth-order valence-electron chi connectivity index (χ4n) is 3.08. The lowest BCUT2D eigenvalue weighted by molar-refractivity contribution is 0.0691. The second-order valence-corrected chi connectivity index (χ2v) is 6.62. The number of aromatic nitrogens is 2. The number of likely N-dealkylation sites (tertiary alicyclic amines) is 1. The summed E-state index contributed by atoms with van der Waals surface area (Å²) < 4.78 is 0. The van der Waals surface area contributed by atoms with Crippen LogP contribution in [0.2, 0.25) is 0 Å². The van der Waals surface area contributed by atoms with Crippen molar-refractivity contribution in [3.8, 4) is 0 Å². The normalized spacial score (nSPS) is 15.7. The Morgan fingerprint density at radius 1 is 1.22 bits per heavy atom. The van der Waals surface area contributed by atoms with E-state index in [0.29, 0.717) is 17.4 Å². The highest BCUT2D eigenvalue weighted by Gasteiger charge is 2.23. The van der Waals surface area contributed by atoms with Gasteiger partial charge in [0, 0.05) is 32.2 Å². The third-order valence-corrected chi connectivity index (χ3v) is 4.43. The predicted molar refractivity (Wildman–Crippen MR) is 93.9 cm³/mol. The third kappa shape index (κ3) is 4.66. The molecule has 0 bridgehead atoms. The molecule has 5 nitrogen and oxygen atoms in total. The smallest absolute Gasteiger partial charge is 0.272 e. The standard InChI is InChI=1S/C18H30N4O/c1-5-9-21(10-6-2)17-13-16(19-15(4)20-17)18(23)22-11-7-14(3)8-12-22/h13-14H,5-12H2,1-4H3. The summed E-state index contributed by atoms with van der Waals surface area (Å²) >= 11 is 0. The second-order valence-electron chi connectivity index (χ2n) is 6.62. The lowest BCUT2D eigenvalue weighted by Gasteiger charge is -2.30. The highest BCUT2D eigenvalue weighted by molar-refractivity contribution is 5.93. The molecule has 0 aromatic carbocycles. The fraction of sp³-hybridized carbons (Fsp3) is 0.722. The van der Waals surface area contributed by atoms with E-state index in [2.05, 4.69) is 35.6 Å². The van der Waals surface area contributed by atoms with Gasteiger partial charge in [0.25, 0.3) is 5.91 Å². The van der Waals surface area contributed by atoms with Gasteiger partial charge < -0.3 is 9.80 Å². The van der Waals surface area contributed by atoms with E-state index in [1.165, 1.54) is 0 Å². The molecule has 128 valence electrons. The molecule has 1 aromatic rings. The molecule has 23 heavy (non-hydrogen) atoms. The van der Waals surface area contributed by atoms with Crippen molar-refractivity contribution in [2.45, 2.75) is 53.4 Å². The summed E-state index contributed by atoms with van der Waals surface area (Å²) in [5, 5.41) is 0. The van der Waals surface area contributed by atoms with E-state index < -0.39 is 0 Å². The van der Waals surface area contributed by atoms with Crippen molar-refractivity contribution in [1.82, 2.24) is 14.9 Å². The topological polar surface area (TPSA) is 49.3 Å². The lowest BCUT2D eigenvalue weighted by Crippen LogP contribution is -2.38. The summed E-state index contributed by atoms with van der Waals surface area (Å²) in [6.07, 6.45) is 4.30. The van der Waals surface area contributed by atoms with Gasteiger partial charge in [0.2, 0.25) is 0 Å². The Hall–Kier alpha value is -1.65. The number of aryl methyl sites for hydroxylation is 1. The molecule has 0 saturated carbocycles. The monoisotopic (exact) mass is 318 g/mol. The Morgan fingerprint density at radius 2 is 1.83 bits per heavy atom. The second kappa shape index (κ2) is 8.27. The Labute approximate surface area is 140 Å². The molecule has 2 heterocycles. The Kier molecular flexibility index (Phi) is 6.37. The fourth-order valence-corrected chi connectivity index (χ4v) is 3.08. The SMILES string of the molecule is CCCN(CCC)c1cc(C(=O)N2CCC(C)CC2)nc(C)n1. The Morgan fingerprint density at radius 3 is 2.39 bits per heavy atom. The summed E-state index contributed by atoms with van der Waals surface area (Å²) in [6, 6.07) is 1.87. The zero-order chi connectivity index (χ0) is 16.8. The number of piperidine rings is 1. The van der Waals surface area contributed by atoms with Crippen molar-refractivity contribution in [3.63, 3.8) is 0 Å². The van der Waals surface area contributed by atoms with Crippen molar-refractivity contribution < 1.29 is 4.79 Å². The van der Waals surface area contributed by atoms with E-state index in [1.54, 1.807) is 0 Å². The number of nitrogens with zero attached hydrogens (tertiary/aromatic N) is 4. The molecule has 1 fully saturated rings. The summed E-state index contributed by atoms with van der Waals surface area (Å²) in [5.41, 5.74) is 0.541. The maximum absolute atomic E-state index is 12.8. The molecule has 1 aromatic heterocycles. The summed E-state index contributed by atoms with van der Waals surface area (Å²) in [5.74, 6) is 2.33. The average molecular weight is 318 g/mol. The molecule has 2 rings (SSSR count). The minimum Gasteiger partial charge on any atom is -0.357 e. The number of hydrogen-bond donors (Lipinski definition) is 0. The van der Waals surface area contributed by atoms with Gasteiger partial charge in [-0.2, -0.15) is 0 Å². The number of rotatable bonds is 6. The Balaban J connectivity index is 2.20. The maximum atomic E-state index is 12.8. The number of hydrogen-bond acceptors (Lipinski definition) is 4. The van der Waals surface area contributed by atoms with E-state index in [0.717, 1.165) is 57.7 Å². The molecule has 1 amide bonds. The van der Waals surface area contributed by atoms with Gasteiger partial charge in [-0.05, 0) is 38.5 Å². The summed E-state index contributed by atoms with van der Waals surface area (Å²) in [4.78, 5) is 25.9. The van der Waals surface area contributed by atoms with E-state index >= 15 is 0 Å². The molecule has 1 aliphatic rings. The van der Waals surface area contributed by atoms with Crippen LogP contribution in [0, 0.1) is 12.8 Å². The molecule has 1 saturated heterocycles. The lowest BCUT2D eigenvalue weighted by atomic mass is 9.99. The number of carbonyl (C=O) groups excluding carboxylic acids is 1. The van der Waals surface area contributed by atoms with Crippen LogP contribution in [0.15, 0.2) is 6.07 Å². The van der Waals surface area contributed by atoms with E-state index in [1.807, 2.05) is 17.9 Å². The zero-order valence-electron chi connectivity index (χ0n) is 15.0. The highest BCUT2D eigenvalue weighted by atomic mass is 16.2. The molecule has 0 unspecified atom stereocenters. The maximum Gasteiger partial charge on any atom is 0.272 e. The zero-order valence-corrected chi connectivity index (χ0v) is 15.0. The van der Waals surface area contributed by atoms with Crippen molar-refractivity contribution in [2.75, 3.05) is 31.1 Å². The first-order valence-corrected chi connectivity index (χ1v) is 8.95. The molecule has 5 heteroatoms. The molecule has 1 aliphatic heterocycles. The summed E-state index contributed by atoms with van der Waals surface area (Å²) in [7, 11) is 0. The summed E-state index contributed by atoms with van der Waals surface area (Å²) in [6.45, 7) is 12.0. The molecule has 0 atom stereocenters. The minimum atomic E-state index is 0.0524. The van der Waals surface area contributed by atoms with Crippen molar-refractivity contribution in [2.24, 2.45) is 5.92 Å². The van der Waals surface area contributed by atoms with Gasteiger partial charge in [-0.3, -0.25) is 4.79 Å².